The quantitative estimate of drug-likeness (QED) is 0.398. The number of hydrogen-bond acceptors (Lipinski definition) is 2. The van der Waals surface area contributed by atoms with E-state index in [0.29, 0.717) is 22.0 Å². The van der Waals surface area contributed by atoms with Crippen molar-refractivity contribution in [3.8, 4) is 0 Å². The van der Waals surface area contributed by atoms with Gasteiger partial charge in [0.05, 0.1) is 4.92 Å². The summed E-state index contributed by atoms with van der Waals surface area (Å²) >= 11 is 15.6. The highest BCUT2D eigenvalue weighted by atomic mass is 79.9. The largest absolute Gasteiger partial charge is 0.272 e. The normalized spacial score (nSPS) is 12.2. The van der Waals surface area contributed by atoms with Gasteiger partial charge in [-0.25, -0.2) is 0 Å². The van der Waals surface area contributed by atoms with Gasteiger partial charge >= 0.3 is 0 Å². The Morgan fingerprint density at radius 2 is 1.90 bits per heavy atom. The van der Waals surface area contributed by atoms with Gasteiger partial charge in [0.15, 0.2) is 0 Å². The number of hydrogen-bond donors (Lipinski definition) is 0. The molecule has 0 radical (unpaired) electrons. The maximum Gasteiger partial charge on any atom is 0.272 e. The van der Waals surface area contributed by atoms with Gasteiger partial charge in [-0.2, -0.15) is 0 Å². The first-order valence-electron chi connectivity index (χ1n) is 5.80. The SMILES string of the molecule is O=[N+]([O-])c1ccccc1CC(Br)c1cc(Cl)ccc1Cl. The molecule has 2 aromatic carbocycles. The molecule has 0 spiro atoms. The summed E-state index contributed by atoms with van der Waals surface area (Å²) in [5.74, 6) is 0. The van der Waals surface area contributed by atoms with Crippen molar-refractivity contribution in [1.29, 1.82) is 0 Å². The van der Waals surface area contributed by atoms with Crippen molar-refractivity contribution in [2.75, 3.05) is 0 Å². The third-order valence-electron chi connectivity index (χ3n) is 2.88. The highest BCUT2D eigenvalue weighted by Gasteiger charge is 2.18. The average molecular weight is 375 g/mol. The number of rotatable bonds is 4. The van der Waals surface area contributed by atoms with Crippen LogP contribution in [0.3, 0.4) is 0 Å². The maximum atomic E-state index is 11.0. The molecule has 2 rings (SSSR count). The van der Waals surface area contributed by atoms with E-state index in [9.17, 15) is 10.1 Å². The number of nitrogens with zero attached hydrogens (tertiary/aromatic N) is 1. The zero-order valence-corrected chi connectivity index (χ0v) is 13.3. The van der Waals surface area contributed by atoms with Gasteiger partial charge in [0, 0.05) is 26.5 Å². The number of para-hydroxylation sites is 1. The van der Waals surface area contributed by atoms with Crippen molar-refractivity contribution in [2.24, 2.45) is 0 Å². The van der Waals surface area contributed by atoms with Crippen molar-refractivity contribution in [2.45, 2.75) is 11.2 Å². The molecule has 0 fully saturated rings. The molecular weight excluding hydrogens is 365 g/mol. The van der Waals surface area contributed by atoms with Crippen LogP contribution < -0.4 is 0 Å². The molecule has 6 heteroatoms. The molecule has 0 bridgehead atoms. The van der Waals surface area contributed by atoms with Gasteiger partial charge in [-0.15, -0.1) is 0 Å². The highest BCUT2D eigenvalue weighted by Crippen LogP contribution is 2.35. The van der Waals surface area contributed by atoms with Crippen molar-refractivity contribution in [3.63, 3.8) is 0 Å². The Kier molecular flexibility index (Phi) is 5.02. The van der Waals surface area contributed by atoms with Crippen LogP contribution in [0.1, 0.15) is 16.0 Å². The molecule has 0 aromatic heterocycles. The van der Waals surface area contributed by atoms with Crippen LogP contribution in [0, 0.1) is 10.1 Å². The standard InChI is InChI=1S/C14H10BrCl2NO2/c15-12(11-8-10(16)5-6-13(11)17)7-9-3-1-2-4-14(9)18(19)20/h1-6,8,12H,7H2. The Balaban J connectivity index is 2.30. The minimum atomic E-state index is -0.380. The minimum Gasteiger partial charge on any atom is -0.258 e. The zero-order chi connectivity index (χ0) is 14.7. The van der Waals surface area contributed by atoms with Crippen LogP contribution in [-0.4, -0.2) is 4.92 Å². The molecule has 0 saturated carbocycles. The Morgan fingerprint density at radius 3 is 2.60 bits per heavy atom. The summed E-state index contributed by atoms with van der Waals surface area (Å²) in [6.45, 7) is 0. The first kappa shape index (κ1) is 15.3. The molecule has 0 aliphatic rings. The monoisotopic (exact) mass is 373 g/mol. The number of benzene rings is 2. The molecular formula is C14H10BrCl2NO2. The molecule has 0 aliphatic carbocycles. The summed E-state index contributed by atoms with van der Waals surface area (Å²) in [7, 11) is 0. The molecule has 104 valence electrons. The Bertz CT molecular complexity index is 649. The van der Waals surface area contributed by atoms with E-state index in [1.165, 1.54) is 6.07 Å². The van der Waals surface area contributed by atoms with Crippen molar-refractivity contribution < 1.29 is 4.92 Å². The minimum absolute atomic E-state index is 0.107. The van der Waals surface area contributed by atoms with Crippen LogP contribution >= 0.6 is 39.1 Å². The highest BCUT2D eigenvalue weighted by molar-refractivity contribution is 9.09. The van der Waals surface area contributed by atoms with Crippen LogP contribution in [0.5, 0.6) is 0 Å². The topological polar surface area (TPSA) is 43.1 Å². The first-order valence-corrected chi connectivity index (χ1v) is 7.47. The summed E-state index contributed by atoms with van der Waals surface area (Å²) in [6.07, 6.45) is 0.456. The molecule has 0 saturated heterocycles. The van der Waals surface area contributed by atoms with Gasteiger partial charge in [-0.1, -0.05) is 57.3 Å². The van der Waals surface area contributed by atoms with Gasteiger partial charge in [0.2, 0.25) is 0 Å². The van der Waals surface area contributed by atoms with Crippen LogP contribution in [0.2, 0.25) is 10.0 Å². The van der Waals surface area contributed by atoms with E-state index in [-0.39, 0.29) is 15.4 Å². The number of halogens is 3. The molecule has 0 aliphatic heterocycles. The van der Waals surface area contributed by atoms with Gasteiger partial charge in [0.1, 0.15) is 0 Å². The van der Waals surface area contributed by atoms with E-state index in [1.807, 2.05) is 0 Å². The lowest BCUT2D eigenvalue weighted by molar-refractivity contribution is -0.385. The van der Waals surface area contributed by atoms with E-state index in [0.717, 1.165) is 5.56 Å². The van der Waals surface area contributed by atoms with Gasteiger partial charge < -0.3 is 0 Å². The van der Waals surface area contributed by atoms with E-state index in [1.54, 1.807) is 36.4 Å². The maximum absolute atomic E-state index is 11.0. The zero-order valence-electron chi connectivity index (χ0n) is 10.2. The van der Waals surface area contributed by atoms with Crippen LogP contribution in [0.15, 0.2) is 42.5 Å². The lowest BCUT2D eigenvalue weighted by Crippen LogP contribution is -2.00. The molecule has 1 unspecified atom stereocenters. The molecule has 1 atom stereocenters. The Labute approximate surface area is 134 Å². The van der Waals surface area contributed by atoms with Crippen LogP contribution in [0.4, 0.5) is 5.69 Å². The predicted octanol–water partition coefficient (Wildman–Crippen LogP) is 5.58. The number of nitro benzene ring substituents is 1. The van der Waals surface area contributed by atoms with Crippen LogP contribution in [-0.2, 0) is 6.42 Å². The second-order valence-electron chi connectivity index (χ2n) is 4.22. The Hall–Kier alpha value is -1.10. The lowest BCUT2D eigenvalue weighted by atomic mass is 10.0. The van der Waals surface area contributed by atoms with Crippen molar-refractivity contribution in [1.82, 2.24) is 0 Å². The number of nitro groups is 1. The molecule has 0 amide bonds. The first-order chi connectivity index (χ1) is 9.49. The summed E-state index contributed by atoms with van der Waals surface area (Å²) in [5.41, 5.74) is 1.57. The molecule has 2 aromatic rings. The summed E-state index contributed by atoms with van der Waals surface area (Å²) in [5, 5.41) is 12.2. The average Bonchev–Trinajstić information content (AvgIpc) is 2.41. The number of alkyl halides is 1. The van der Waals surface area contributed by atoms with Crippen molar-refractivity contribution >= 4 is 44.8 Å². The van der Waals surface area contributed by atoms with E-state index < -0.39 is 0 Å². The second-order valence-corrected chi connectivity index (χ2v) is 6.17. The fourth-order valence-electron chi connectivity index (χ4n) is 1.92. The molecule has 3 nitrogen and oxygen atoms in total. The smallest absolute Gasteiger partial charge is 0.258 e. The third-order valence-corrected chi connectivity index (χ3v) is 4.28. The van der Waals surface area contributed by atoms with E-state index in [2.05, 4.69) is 15.9 Å². The second kappa shape index (κ2) is 6.57. The van der Waals surface area contributed by atoms with Gasteiger partial charge in [-0.3, -0.25) is 10.1 Å². The lowest BCUT2D eigenvalue weighted by Gasteiger charge is -2.12. The molecule has 20 heavy (non-hydrogen) atoms. The molecule has 0 N–H and O–H groups in total. The van der Waals surface area contributed by atoms with Gasteiger partial charge in [-0.05, 0) is 30.2 Å². The Morgan fingerprint density at radius 1 is 1.20 bits per heavy atom. The van der Waals surface area contributed by atoms with Crippen LogP contribution in [0.25, 0.3) is 0 Å². The molecule has 0 heterocycles. The summed E-state index contributed by atoms with van der Waals surface area (Å²) in [4.78, 5) is 10.5. The van der Waals surface area contributed by atoms with Crippen molar-refractivity contribution in [3.05, 3.63) is 73.8 Å². The fourth-order valence-corrected chi connectivity index (χ4v) is 3.21. The summed E-state index contributed by atoms with van der Waals surface area (Å²) < 4.78 is 0. The van der Waals surface area contributed by atoms with E-state index >= 15 is 0 Å². The third kappa shape index (κ3) is 3.51. The predicted molar refractivity (Wildman–Crippen MR) is 84.9 cm³/mol. The summed E-state index contributed by atoms with van der Waals surface area (Å²) in [6, 6.07) is 11.8. The fraction of sp³-hybridized carbons (Fsp3) is 0.143. The van der Waals surface area contributed by atoms with E-state index in [4.69, 9.17) is 23.2 Å². The van der Waals surface area contributed by atoms with Gasteiger partial charge in [0.25, 0.3) is 5.69 Å².